The first kappa shape index (κ1) is 58.3. The van der Waals surface area contributed by atoms with Crippen molar-refractivity contribution in [2.75, 3.05) is 31.7 Å². The highest BCUT2D eigenvalue weighted by atomic mass is 32.2. The van der Waals surface area contributed by atoms with Crippen LogP contribution in [0.1, 0.15) is 106 Å². The number of carbonyl (C=O) groups excluding carboxylic acids is 2. The molecule has 0 amide bonds. The van der Waals surface area contributed by atoms with Crippen LogP contribution in [-0.2, 0) is 48.0 Å². The van der Waals surface area contributed by atoms with Gasteiger partial charge in [0.05, 0.1) is 58.2 Å². The van der Waals surface area contributed by atoms with Gasteiger partial charge in [-0.2, -0.15) is 0 Å². The molecule has 394 valence electrons. The summed E-state index contributed by atoms with van der Waals surface area (Å²) in [5, 5.41) is 61.3. The SMILES string of the molecule is CC[C@H]1OC(=O)[C@H](C)[C@@H](O[C@H]2C[C@@](C)(OC)[C@@H](O)[C@H](C)O2)[C@H](C)[C@@H](O[C@@H]2O[C@H](C)C[C@H](N(C)C)[C@H]2O)[C@](C)(O)C[C@@H](C)C(=O)[C@H](C)[C@@H](O)[C@]1(C)O.Cc1noc(NS(=O)(=O)c2ccc(N)cc2)c1C. The minimum atomic E-state index is -3.68. The highest BCUT2D eigenvalue weighted by molar-refractivity contribution is 7.92. The molecule has 1 aromatic heterocycles. The molecule has 21 heteroatoms. The van der Waals surface area contributed by atoms with Crippen molar-refractivity contribution in [2.24, 2.45) is 23.7 Å². The monoisotopic (exact) mass is 1000 g/mol. The van der Waals surface area contributed by atoms with Gasteiger partial charge in [0, 0.05) is 48.6 Å². The molecule has 0 saturated carbocycles. The second kappa shape index (κ2) is 23.0. The largest absolute Gasteiger partial charge is 0.459 e. The number of ether oxygens (including phenoxy) is 6. The van der Waals surface area contributed by atoms with Crippen molar-refractivity contribution in [2.45, 2.75) is 198 Å². The summed E-state index contributed by atoms with van der Waals surface area (Å²) in [6.45, 7) is 19.8. The fraction of sp³-hybridized carbons (Fsp3) is 0.771. The minimum Gasteiger partial charge on any atom is -0.459 e. The van der Waals surface area contributed by atoms with E-state index in [1.165, 1.54) is 52.1 Å². The van der Waals surface area contributed by atoms with Crippen molar-refractivity contribution in [3.05, 3.63) is 35.5 Å². The number of carbonyl (C=O) groups is 2. The van der Waals surface area contributed by atoms with Gasteiger partial charge in [0.25, 0.3) is 10.0 Å². The van der Waals surface area contributed by atoms with Crippen LogP contribution in [0.15, 0.2) is 33.7 Å². The van der Waals surface area contributed by atoms with Crippen LogP contribution in [-0.4, -0.2) is 161 Å². The summed E-state index contributed by atoms with van der Waals surface area (Å²) in [6, 6.07) is 5.57. The van der Waals surface area contributed by atoms with Crippen molar-refractivity contribution in [1.29, 1.82) is 0 Å². The first-order valence-corrected chi connectivity index (χ1v) is 25.2. The number of methoxy groups -OCH3 is 1. The predicted octanol–water partition coefficient (Wildman–Crippen LogP) is 3.46. The number of hydrogen-bond donors (Lipinski definition) is 7. The molecule has 0 unspecified atom stereocenters. The number of esters is 1. The molecule has 2 aromatic rings. The van der Waals surface area contributed by atoms with Crippen molar-refractivity contribution >= 4 is 33.3 Å². The maximum absolute atomic E-state index is 14.1. The topological polar surface area (TPSA) is 292 Å². The van der Waals surface area contributed by atoms with Gasteiger partial charge in [-0.15, -0.1) is 0 Å². The number of rotatable bonds is 10. The van der Waals surface area contributed by atoms with Crippen molar-refractivity contribution in [3.63, 3.8) is 0 Å². The van der Waals surface area contributed by atoms with E-state index < -0.39 is 118 Å². The van der Waals surface area contributed by atoms with Gasteiger partial charge in [0.1, 0.15) is 29.7 Å². The molecule has 3 aliphatic rings. The Morgan fingerprint density at radius 3 is 2.06 bits per heavy atom. The highest BCUT2D eigenvalue weighted by Gasteiger charge is 2.53. The number of aryl methyl sites for hydroxylation is 1. The summed E-state index contributed by atoms with van der Waals surface area (Å²) in [6.07, 6.45) is -9.71. The van der Waals surface area contributed by atoms with Gasteiger partial charge in [-0.1, -0.05) is 32.9 Å². The molecule has 1 aromatic carbocycles. The number of Topliss-reactive ketones (excluding diaryl/α,β-unsaturated/α-hetero) is 1. The average Bonchev–Trinajstić information content (AvgIpc) is 3.59. The molecule has 8 N–H and O–H groups in total. The third-order valence-corrected chi connectivity index (χ3v) is 15.7. The summed E-state index contributed by atoms with van der Waals surface area (Å²) in [5.74, 6) is -4.85. The molecule has 3 aliphatic heterocycles. The zero-order chi connectivity index (χ0) is 52.3. The molecule has 0 radical (unpaired) electrons. The number of aliphatic hydroxyl groups excluding tert-OH is 3. The molecule has 0 bridgehead atoms. The first-order valence-electron chi connectivity index (χ1n) is 23.7. The fourth-order valence-electron chi connectivity index (χ4n) is 9.75. The van der Waals surface area contributed by atoms with Gasteiger partial charge >= 0.3 is 5.97 Å². The Balaban J connectivity index is 0.000000478. The predicted molar refractivity (Wildman–Crippen MR) is 254 cm³/mol. The molecule has 0 spiro atoms. The molecule has 69 heavy (non-hydrogen) atoms. The lowest BCUT2D eigenvalue weighted by Crippen LogP contribution is -2.61. The zero-order valence-corrected chi connectivity index (χ0v) is 43.7. The number of nitrogens with one attached hydrogen (secondary N) is 1. The summed E-state index contributed by atoms with van der Waals surface area (Å²) in [5.41, 5.74) is 2.47. The molecule has 4 heterocycles. The molecule has 18 atom stereocenters. The number of hydrogen-bond acceptors (Lipinski definition) is 19. The van der Waals surface area contributed by atoms with Gasteiger partial charge in [-0.25, -0.2) is 13.1 Å². The standard InChI is InChI=1S/C37H67NO13.C11H13N3O3S/c1-14-25-37(10,45)30(41)20(4)27(39)18(2)16-35(8,44)32(51-34-28(40)24(38(11)12)15-19(3)47-34)21(5)29(22(6)33(43)49-25)50-26-17-36(9,46-13)31(42)23(7)48-26;1-7-8(2)13-17-11(7)14-18(15,16)10-5-3-9(12)4-6-10/h18-26,28-32,34,40-42,44-45H,14-17H2,1-13H3;3-6,14H,12H2,1-2H3/t18-,19-,20+,21+,22-,23+,24+,25-,26+,28-,29+,30-,31+,32-,34+,35-,36-,37-;/m1./s1. The normalized spacial score (nSPS) is 39.8. The molecule has 5 rings (SSSR count). The van der Waals surface area contributed by atoms with E-state index >= 15 is 0 Å². The lowest BCUT2D eigenvalue weighted by Gasteiger charge is -2.49. The van der Waals surface area contributed by atoms with Crippen LogP contribution < -0.4 is 10.5 Å². The van der Waals surface area contributed by atoms with Crippen LogP contribution in [0, 0.1) is 37.5 Å². The van der Waals surface area contributed by atoms with Crippen LogP contribution in [0.2, 0.25) is 0 Å². The lowest BCUT2D eigenvalue weighted by atomic mass is 9.74. The van der Waals surface area contributed by atoms with Crippen LogP contribution in [0.3, 0.4) is 0 Å². The second-order valence-corrected chi connectivity index (χ2v) is 22.1. The summed E-state index contributed by atoms with van der Waals surface area (Å²) in [7, 11) is 1.50. The van der Waals surface area contributed by atoms with E-state index in [1.54, 1.807) is 55.4 Å². The number of cyclic esters (lactones) is 1. The Kier molecular flexibility index (Phi) is 19.5. The molecule has 20 nitrogen and oxygen atoms in total. The van der Waals surface area contributed by atoms with E-state index in [4.69, 9.17) is 38.7 Å². The van der Waals surface area contributed by atoms with Gasteiger partial charge in [-0.05, 0) is 113 Å². The number of sulfonamides is 1. The van der Waals surface area contributed by atoms with Gasteiger partial charge in [-0.3, -0.25) is 9.59 Å². The molecular weight excluding hydrogens is 921 g/mol. The smallest absolute Gasteiger partial charge is 0.311 e. The van der Waals surface area contributed by atoms with E-state index in [0.717, 1.165) is 0 Å². The van der Waals surface area contributed by atoms with Crippen LogP contribution in [0.4, 0.5) is 11.6 Å². The van der Waals surface area contributed by atoms with E-state index in [0.29, 0.717) is 23.4 Å². The minimum absolute atomic E-state index is 0.0936. The number of likely N-dealkylation sites (N-methyl/N-ethyl adjacent to an activating group) is 1. The number of nitrogen functional groups attached to an aromatic ring is 1. The number of nitrogens with two attached hydrogens (primary N) is 1. The number of aliphatic hydroxyl groups is 5. The van der Waals surface area contributed by atoms with E-state index in [9.17, 15) is 43.5 Å². The third kappa shape index (κ3) is 13.4. The number of aromatic nitrogens is 1. The summed E-state index contributed by atoms with van der Waals surface area (Å²) in [4.78, 5) is 29.9. The van der Waals surface area contributed by atoms with Crippen LogP contribution in [0.5, 0.6) is 0 Å². The third-order valence-electron chi connectivity index (χ3n) is 14.4. The highest BCUT2D eigenvalue weighted by Crippen LogP contribution is 2.41. The Morgan fingerprint density at radius 2 is 1.52 bits per heavy atom. The molecule has 0 aliphatic carbocycles. The quantitative estimate of drug-likeness (QED) is 0.132. The Bertz CT molecular complexity index is 2120. The maximum Gasteiger partial charge on any atom is 0.311 e. The van der Waals surface area contributed by atoms with E-state index in [-0.39, 0.29) is 42.2 Å². The van der Waals surface area contributed by atoms with E-state index in [1.807, 2.05) is 25.9 Å². The van der Waals surface area contributed by atoms with Gasteiger partial charge in [0.15, 0.2) is 12.6 Å². The van der Waals surface area contributed by atoms with Crippen molar-refractivity contribution < 1.29 is 76.5 Å². The van der Waals surface area contributed by atoms with Crippen molar-refractivity contribution in [3.8, 4) is 0 Å². The Labute approximate surface area is 407 Å². The summed E-state index contributed by atoms with van der Waals surface area (Å²) >= 11 is 0. The summed E-state index contributed by atoms with van der Waals surface area (Å²) < 4.78 is 68.4. The molecular formula is C48H80N4O16S. The first-order chi connectivity index (χ1) is 31.8. The Morgan fingerprint density at radius 1 is 0.913 bits per heavy atom. The second-order valence-electron chi connectivity index (χ2n) is 20.4. The van der Waals surface area contributed by atoms with Crippen molar-refractivity contribution in [1.82, 2.24) is 10.1 Å². The molecule has 3 saturated heterocycles. The molecule has 3 fully saturated rings. The lowest BCUT2D eigenvalue weighted by molar-refractivity contribution is -0.318. The number of nitrogens with zero attached hydrogens (tertiary/aromatic N) is 2. The maximum atomic E-state index is 14.1. The zero-order valence-electron chi connectivity index (χ0n) is 42.9. The number of benzene rings is 1. The van der Waals surface area contributed by atoms with Gasteiger partial charge in [0.2, 0.25) is 5.88 Å². The van der Waals surface area contributed by atoms with Crippen LogP contribution >= 0.6 is 0 Å². The van der Waals surface area contributed by atoms with Gasteiger partial charge < -0.3 is 69.1 Å². The average molecular weight is 1000 g/mol. The fourth-order valence-corrected chi connectivity index (χ4v) is 10.8. The van der Waals surface area contributed by atoms with E-state index in [2.05, 4.69) is 9.88 Å². The number of anilines is 2. The number of ketones is 1. The Hall–Kier alpha value is -3.32. The van der Waals surface area contributed by atoms with Crippen LogP contribution in [0.25, 0.3) is 0 Å².